The van der Waals surface area contributed by atoms with E-state index in [9.17, 15) is 9.59 Å². The molecule has 0 saturated carbocycles. The minimum Gasteiger partial charge on any atom is -0.369 e. The molecule has 0 aliphatic carbocycles. The van der Waals surface area contributed by atoms with Crippen LogP contribution in [-0.2, 0) is 4.79 Å². The zero-order chi connectivity index (χ0) is 17.1. The predicted molar refractivity (Wildman–Crippen MR) is 95.0 cm³/mol. The van der Waals surface area contributed by atoms with Crippen LogP contribution in [0.3, 0.4) is 0 Å². The largest absolute Gasteiger partial charge is 0.369 e. The first-order chi connectivity index (χ1) is 11.5. The number of carbonyl (C=O) groups is 2. The highest BCUT2D eigenvalue weighted by Gasteiger charge is 2.23. The fourth-order valence-corrected chi connectivity index (χ4v) is 3.91. The molecule has 3 rings (SSSR count). The number of amides is 2. The molecule has 0 spiro atoms. The number of hydrogen-bond acceptors (Lipinski definition) is 5. The summed E-state index contributed by atoms with van der Waals surface area (Å²) in [6.45, 7) is 4.88. The number of fused-ring (bicyclic) bond motifs is 1. The highest BCUT2D eigenvalue weighted by molar-refractivity contribution is 7.18. The molecule has 6 nitrogen and oxygen atoms in total. The Kier molecular flexibility index (Phi) is 5.11. The summed E-state index contributed by atoms with van der Waals surface area (Å²) < 4.78 is 1.09. The molecule has 1 atom stereocenters. The predicted octanol–water partition coefficient (Wildman–Crippen LogP) is 1.53. The monoisotopic (exact) mass is 346 g/mol. The highest BCUT2D eigenvalue weighted by Crippen LogP contribution is 2.22. The van der Waals surface area contributed by atoms with Crippen molar-refractivity contribution < 1.29 is 9.59 Å². The van der Waals surface area contributed by atoms with E-state index in [1.807, 2.05) is 25.1 Å². The number of likely N-dealkylation sites (tertiary alicyclic amines) is 1. The lowest BCUT2D eigenvalue weighted by atomic mass is 9.97. The fraction of sp³-hybridized carbons (Fsp3) is 0.471. The van der Waals surface area contributed by atoms with E-state index < -0.39 is 0 Å². The summed E-state index contributed by atoms with van der Waals surface area (Å²) in [4.78, 5) is 30.2. The number of nitrogens with two attached hydrogens (primary N) is 1. The van der Waals surface area contributed by atoms with Crippen LogP contribution in [0.2, 0.25) is 0 Å². The molecule has 1 aliphatic rings. The van der Waals surface area contributed by atoms with Crippen molar-refractivity contribution in [3.05, 3.63) is 28.8 Å². The van der Waals surface area contributed by atoms with Crippen LogP contribution < -0.4 is 11.1 Å². The van der Waals surface area contributed by atoms with E-state index in [-0.39, 0.29) is 17.7 Å². The number of primary amides is 1. The smallest absolute Gasteiger partial charge is 0.251 e. The van der Waals surface area contributed by atoms with Gasteiger partial charge in [0.15, 0.2) is 0 Å². The molecule has 1 aromatic heterocycles. The molecule has 0 radical (unpaired) electrons. The zero-order valence-corrected chi connectivity index (χ0v) is 14.6. The van der Waals surface area contributed by atoms with E-state index in [0.717, 1.165) is 41.2 Å². The summed E-state index contributed by atoms with van der Waals surface area (Å²) in [6, 6.07) is 5.61. The number of nitrogens with one attached hydrogen (secondary N) is 1. The molecule has 7 heteroatoms. The molecule has 128 valence electrons. The van der Waals surface area contributed by atoms with E-state index in [4.69, 9.17) is 5.73 Å². The highest BCUT2D eigenvalue weighted by atomic mass is 32.1. The summed E-state index contributed by atoms with van der Waals surface area (Å²) in [6.07, 6.45) is 1.84. The van der Waals surface area contributed by atoms with E-state index in [2.05, 4.69) is 15.2 Å². The van der Waals surface area contributed by atoms with Gasteiger partial charge in [-0.1, -0.05) is 0 Å². The molecule has 3 N–H and O–H groups in total. The van der Waals surface area contributed by atoms with E-state index in [1.54, 1.807) is 11.3 Å². The quantitative estimate of drug-likeness (QED) is 0.859. The molecule has 2 heterocycles. The second-order valence-corrected chi connectivity index (χ2v) is 7.45. The number of carbonyl (C=O) groups excluding carboxylic acids is 2. The average molecular weight is 346 g/mol. The molecule has 2 amide bonds. The maximum absolute atomic E-state index is 12.3. The first-order valence-corrected chi connectivity index (χ1v) is 9.01. The number of piperidine rings is 1. The Morgan fingerprint density at radius 3 is 3.08 bits per heavy atom. The van der Waals surface area contributed by atoms with Gasteiger partial charge in [0.2, 0.25) is 5.91 Å². The normalized spacial score (nSPS) is 18.6. The van der Waals surface area contributed by atoms with Crippen LogP contribution in [0.15, 0.2) is 18.2 Å². The molecular formula is C17H22N4O2S. The fourth-order valence-electron chi connectivity index (χ4n) is 3.10. The number of thiazole rings is 1. The summed E-state index contributed by atoms with van der Waals surface area (Å²) in [5.41, 5.74) is 6.88. The number of aryl methyl sites for hydroxylation is 1. The van der Waals surface area contributed by atoms with Crippen LogP contribution in [0.1, 0.15) is 28.2 Å². The van der Waals surface area contributed by atoms with Gasteiger partial charge in [0.1, 0.15) is 0 Å². The van der Waals surface area contributed by atoms with Gasteiger partial charge in [-0.2, -0.15) is 0 Å². The second kappa shape index (κ2) is 7.27. The van der Waals surface area contributed by atoms with Gasteiger partial charge in [-0.25, -0.2) is 4.98 Å². The molecule has 1 aromatic carbocycles. The van der Waals surface area contributed by atoms with Crippen molar-refractivity contribution in [3.63, 3.8) is 0 Å². The van der Waals surface area contributed by atoms with Gasteiger partial charge >= 0.3 is 0 Å². The topological polar surface area (TPSA) is 88.3 Å². The molecular weight excluding hydrogens is 324 g/mol. The Morgan fingerprint density at radius 2 is 2.29 bits per heavy atom. The van der Waals surface area contributed by atoms with E-state index >= 15 is 0 Å². The van der Waals surface area contributed by atoms with Crippen LogP contribution >= 0.6 is 11.3 Å². The Morgan fingerprint density at radius 1 is 1.46 bits per heavy atom. The molecule has 1 saturated heterocycles. The van der Waals surface area contributed by atoms with Crippen LogP contribution in [0.4, 0.5) is 0 Å². The molecule has 1 fully saturated rings. The molecule has 1 aliphatic heterocycles. The van der Waals surface area contributed by atoms with Crippen LogP contribution in [0.5, 0.6) is 0 Å². The number of nitrogens with zero attached hydrogens (tertiary/aromatic N) is 2. The summed E-state index contributed by atoms with van der Waals surface area (Å²) in [5.74, 6) is -0.383. The summed E-state index contributed by atoms with van der Waals surface area (Å²) in [7, 11) is 0. The van der Waals surface area contributed by atoms with Crippen molar-refractivity contribution in [2.75, 3.05) is 26.2 Å². The number of benzene rings is 1. The number of aromatic nitrogens is 1. The van der Waals surface area contributed by atoms with Crippen molar-refractivity contribution in [2.24, 2.45) is 11.7 Å². The Hall–Kier alpha value is -1.99. The van der Waals surface area contributed by atoms with Crippen molar-refractivity contribution >= 4 is 33.4 Å². The summed E-state index contributed by atoms with van der Waals surface area (Å²) in [5, 5.41) is 3.94. The SMILES string of the molecule is Cc1nc2cc(C(=O)NCCN3CCC[C@@H](C(N)=O)C3)ccc2s1. The first kappa shape index (κ1) is 16.9. The lowest BCUT2D eigenvalue weighted by Crippen LogP contribution is -2.44. The molecule has 0 unspecified atom stereocenters. The standard InChI is InChI=1S/C17H22N4O2S/c1-11-20-14-9-12(4-5-15(14)24-11)17(23)19-6-8-21-7-2-3-13(10-21)16(18)22/h4-5,9,13H,2-3,6-8,10H2,1H3,(H2,18,22)(H,19,23)/t13-/m1/s1. The maximum atomic E-state index is 12.3. The zero-order valence-electron chi connectivity index (χ0n) is 13.7. The van der Waals surface area contributed by atoms with Crippen molar-refractivity contribution in [2.45, 2.75) is 19.8 Å². The van der Waals surface area contributed by atoms with Crippen molar-refractivity contribution in [1.82, 2.24) is 15.2 Å². The molecule has 0 bridgehead atoms. The van der Waals surface area contributed by atoms with Gasteiger partial charge in [0.05, 0.1) is 21.1 Å². The summed E-state index contributed by atoms with van der Waals surface area (Å²) >= 11 is 1.62. The van der Waals surface area contributed by atoms with Crippen LogP contribution in [0, 0.1) is 12.8 Å². The Bertz CT molecular complexity index is 758. The lowest BCUT2D eigenvalue weighted by molar-refractivity contribution is -0.123. The van der Waals surface area contributed by atoms with Crippen LogP contribution in [0.25, 0.3) is 10.2 Å². The van der Waals surface area contributed by atoms with Gasteiger partial charge in [0.25, 0.3) is 5.91 Å². The second-order valence-electron chi connectivity index (χ2n) is 6.21. The van der Waals surface area contributed by atoms with Gasteiger partial charge in [-0.15, -0.1) is 11.3 Å². The van der Waals surface area contributed by atoms with Gasteiger partial charge < -0.3 is 16.0 Å². The third-order valence-corrected chi connectivity index (χ3v) is 5.33. The van der Waals surface area contributed by atoms with Gasteiger partial charge in [0, 0.05) is 25.2 Å². The third-order valence-electron chi connectivity index (χ3n) is 4.38. The minimum atomic E-state index is -0.226. The van der Waals surface area contributed by atoms with Gasteiger partial charge in [-0.05, 0) is 44.5 Å². The van der Waals surface area contributed by atoms with E-state index in [1.165, 1.54) is 0 Å². The van der Waals surface area contributed by atoms with Crippen molar-refractivity contribution in [1.29, 1.82) is 0 Å². The van der Waals surface area contributed by atoms with Crippen molar-refractivity contribution in [3.8, 4) is 0 Å². The Balaban J connectivity index is 1.52. The lowest BCUT2D eigenvalue weighted by Gasteiger charge is -2.31. The number of rotatable bonds is 5. The number of hydrogen-bond donors (Lipinski definition) is 2. The van der Waals surface area contributed by atoms with Gasteiger partial charge in [-0.3, -0.25) is 9.59 Å². The maximum Gasteiger partial charge on any atom is 0.251 e. The van der Waals surface area contributed by atoms with Crippen LogP contribution in [-0.4, -0.2) is 47.9 Å². The molecule has 24 heavy (non-hydrogen) atoms. The van der Waals surface area contributed by atoms with E-state index in [0.29, 0.717) is 18.7 Å². The molecule has 2 aromatic rings. The first-order valence-electron chi connectivity index (χ1n) is 8.20. The Labute approximate surface area is 145 Å². The third kappa shape index (κ3) is 3.91. The minimum absolute atomic E-state index is 0.0650. The average Bonchev–Trinajstić information content (AvgIpc) is 2.94.